The maximum absolute atomic E-state index is 12.5. The van der Waals surface area contributed by atoms with Crippen LogP contribution in [-0.2, 0) is 19.1 Å². The Bertz CT molecular complexity index is 362. The Balaban J connectivity index is 2.73. The zero-order valence-electron chi connectivity index (χ0n) is 13.9. The van der Waals surface area contributed by atoms with E-state index in [1.54, 1.807) is 0 Å². The Kier molecular flexibility index (Phi) is 9.20. The first-order valence-electron chi connectivity index (χ1n) is 8.46. The second kappa shape index (κ2) is 10.6. The van der Waals surface area contributed by atoms with E-state index in [0.29, 0.717) is 12.8 Å². The molecule has 0 saturated heterocycles. The molecule has 0 heterocycles. The molecule has 1 aliphatic rings. The molecule has 24 heavy (non-hydrogen) atoms. The smallest absolute Gasteiger partial charge is 0.325 e. The monoisotopic (exact) mass is 348 g/mol. The molecular weight excluding hydrogens is 320 g/mol. The molecule has 0 aliphatic heterocycles. The predicted molar refractivity (Wildman–Crippen MR) is 82.4 cm³/mol. The van der Waals surface area contributed by atoms with Gasteiger partial charge in [-0.3, -0.25) is 9.59 Å². The molecule has 0 aromatic rings. The number of carbonyl (C=O) groups excluding carboxylic acids is 2. The van der Waals surface area contributed by atoms with Gasteiger partial charge in [0.05, 0.1) is 0 Å². The fraction of sp³-hybridized carbons (Fsp3) is 0.875. The minimum absolute atomic E-state index is 0.0759. The van der Waals surface area contributed by atoms with Crippen molar-refractivity contribution in [1.29, 1.82) is 0 Å². The van der Waals surface area contributed by atoms with Crippen LogP contribution in [0.2, 0.25) is 0 Å². The van der Waals surface area contributed by atoms with E-state index in [9.17, 15) is 19.8 Å². The molecular formula is C16H28O8. The maximum Gasteiger partial charge on any atom is 0.325 e. The average molecular weight is 348 g/mol. The molecule has 0 spiro atoms. The van der Waals surface area contributed by atoms with E-state index in [4.69, 9.17) is 19.7 Å². The van der Waals surface area contributed by atoms with E-state index in [-0.39, 0.29) is 51.7 Å². The van der Waals surface area contributed by atoms with Crippen molar-refractivity contribution >= 4 is 11.9 Å². The van der Waals surface area contributed by atoms with Crippen LogP contribution in [0.25, 0.3) is 0 Å². The third kappa shape index (κ3) is 6.01. The lowest BCUT2D eigenvalue weighted by atomic mass is 9.74. The molecule has 2 unspecified atom stereocenters. The van der Waals surface area contributed by atoms with Gasteiger partial charge in [-0.25, -0.2) is 0 Å². The van der Waals surface area contributed by atoms with Gasteiger partial charge < -0.3 is 29.9 Å². The SMILES string of the molecule is O=C(OC(O)CCCO)C1(C(=O)OC(O)CCCO)CCCCC1. The maximum atomic E-state index is 12.5. The summed E-state index contributed by atoms with van der Waals surface area (Å²) in [5.41, 5.74) is -1.52. The van der Waals surface area contributed by atoms with Gasteiger partial charge in [0.25, 0.3) is 0 Å². The van der Waals surface area contributed by atoms with Crippen molar-refractivity contribution in [1.82, 2.24) is 0 Å². The molecule has 8 nitrogen and oxygen atoms in total. The van der Waals surface area contributed by atoms with Gasteiger partial charge >= 0.3 is 11.9 Å². The quantitative estimate of drug-likeness (QED) is 0.250. The van der Waals surface area contributed by atoms with E-state index >= 15 is 0 Å². The van der Waals surface area contributed by atoms with Crippen LogP contribution in [0, 0.1) is 5.41 Å². The molecule has 1 rings (SSSR count). The minimum Gasteiger partial charge on any atom is -0.435 e. The second-order valence-corrected chi connectivity index (χ2v) is 6.09. The lowest BCUT2D eigenvalue weighted by Gasteiger charge is -2.33. The van der Waals surface area contributed by atoms with Crippen LogP contribution in [0.1, 0.15) is 57.8 Å². The Labute approximate surface area is 141 Å². The van der Waals surface area contributed by atoms with Crippen LogP contribution in [-0.4, -0.2) is 58.2 Å². The lowest BCUT2D eigenvalue weighted by molar-refractivity contribution is -0.201. The van der Waals surface area contributed by atoms with Crippen molar-refractivity contribution in [3.8, 4) is 0 Å². The number of aliphatic hydroxyl groups is 4. The van der Waals surface area contributed by atoms with Crippen molar-refractivity contribution in [3.63, 3.8) is 0 Å². The molecule has 140 valence electrons. The van der Waals surface area contributed by atoms with Crippen molar-refractivity contribution in [2.24, 2.45) is 5.41 Å². The van der Waals surface area contributed by atoms with Gasteiger partial charge in [-0.2, -0.15) is 0 Å². The first-order valence-corrected chi connectivity index (χ1v) is 8.46. The van der Waals surface area contributed by atoms with Gasteiger partial charge in [0, 0.05) is 26.1 Å². The summed E-state index contributed by atoms with van der Waals surface area (Å²) in [7, 11) is 0. The first-order chi connectivity index (χ1) is 11.5. The summed E-state index contributed by atoms with van der Waals surface area (Å²) in [6.45, 7) is -0.280. The number of carbonyl (C=O) groups is 2. The molecule has 1 fully saturated rings. The number of ether oxygens (including phenoxy) is 2. The van der Waals surface area contributed by atoms with Gasteiger partial charge in [0.2, 0.25) is 12.6 Å². The molecule has 0 amide bonds. The highest BCUT2D eigenvalue weighted by molar-refractivity contribution is 6.00. The number of hydrogen-bond acceptors (Lipinski definition) is 8. The molecule has 0 aromatic carbocycles. The van der Waals surface area contributed by atoms with Gasteiger partial charge in [-0.05, 0) is 25.7 Å². The molecule has 0 bridgehead atoms. The first kappa shape index (κ1) is 20.8. The molecule has 1 saturated carbocycles. The Morgan fingerprint density at radius 3 is 1.62 bits per heavy atom. The van der Waals surface area contributed by atoms with Crippen LogP contribution >= 0.6 is 0 Å². The van der Waals surface area contributed by atoms with Crippen LogP contribution in [0.3, 0.4) is 0 Å². The Hall–Kier alpha value is -1.22. The summed E-state index contributed by atoms with van der Waals surface area (Å²) >= 11 is 0. The summed E-state index contributed by atoms with van der Waals surface area (Å²) in [6.07, 6.45) is 0.548. The van der Waals surface area contributed by atoms with Crippen LogP contribution in [0.15, 0.2) is 0 Å². The molecule has 4 N–H and O–H groups in total. The minimum atomic E-state index is -1.52. The summed E-state index contributed by atoms with van der Waals surface area (Å²) in [5.74, 6) is -1.71. The van der Waals surface area contributed by atoms with Crippen LogP contribution in [0.5, 0.6) is 0 Å². The third-order valence-corrected chi connectivity index (χ3v) is 4.19. The van der Waals surface area contributed by atoms with E-state index in [0.717, 1.165) is 6.42 Å². The fourth-order valence-electron chi connectivity index (χ4n) is 2.77. The largest absolute Gasteiger partial charge is 0.435 e. The standard InChI is InChI=1S/C16H28O8/c17-10-4-6-12(19)23-14(21)16(8-2-1-3-9-16)15(22)24-13(20)7-5-11-18/h12-13,17-20H,1-11H2. The normalized spacial score (nSPS) is 19.3. The molecule has 0 aromatic heterocycles. The highest BCUT2D eigenvalue weighted by atomic mass is 16.7. The molecule has 2 atom stereocenters. The van der Waals surface area contributed by atoms with Crippen molar-refractivity contribution in [2.75, 3.05) is 13.2 Å². The lowest BCUT2D eigenvalue weighted by Crippen LogP contribution is -2.46. The number of rotatable bonds is 10. The summed E-state index contributed by atoms with van der Waals surface area (Å²) in [6, 6.07) is 0. The summed E-state index contributed by atoms with van der Waals surface area (Å²) in [4.78, 5) is 24.9. The number of hydrogen-bond donors (Lipinski definition) is 4. The van der Waals surface area contributed by atoms with Crippen LogP contribution in [0.4, 0.5) is 0 Å². The van der Waals surface area contributed by atoms with Crippen LogP contribution < -0.4 is 0 Å². The number of esters is 2. The fourth-order valence-corrected chi connectivity index (χ4v) is 2.77. The van der Waals surface area contributed by atoms with Gasteiger partial charge in [0.1, 0.15) is 0 Å². The van der Waals surface area contributed by atoms with Crippen molar-refractivity contribution < 1.29 is 39.5 Å². The zero-order valence-corrected chi connectivity index (χ0v) is 13.9. The summed E-state index contributed by atoms with van der Waals surface area (Å²) < 4.78 is 9.92. The molecule has 0 radical (unpaired) electrons. The third-order valence-electron chi connectivity index (χ3n) is 4.19. The topological polar surface area (TPSA) is 134 Å². The molecule has 1 aliphatic carbocycles. The highest BCUT2D eigenvalue weighted by Gasteiger charge is 2.50. The van der Waals surface area contributed by atoms with Crippen molar-refractivity contribution in [3.05, 3.63) is 0 Å². The number of aliphatic hydroxyl groups excluding tert-OH is 4. The summed E-state index contributed by atoms with van der Waals surface area (Å²) in [5, 5.41) is 36.9. The average Bonchev–Trinajstić information content (AvgIpc) is 2.58. The Morgan fingerprint density at radius 2 is 1.25 bits per heavy atom. The van der Waals surface area contributed by atoms with Gasteiger partial charge in [0.15, 0.2) is 5.41 Å². The van der Waals surface area contributed by atoms with E-state index in [2.05, 4.69) is 0 Å². The van der Waals surface area contributed by atoms with E-state index in [1.165, 1.54) is 0 Å². The molecule has 8 heteroatoms. The van der Waals surface area contributed by atoms with Crippen molar-refractivity contribution in [2.45, 2.75) is 70.4 Å². The van der Waals surface area contributed by atoms with E-state index in [1.807, 2.05) is 0 Å². The Morgan fingerprint density at radius 1 is 0.833 bits per heavy atom. The second-order valence-electron chi connectivity index (χ2n) is 6.09. The zero-order chi connectivity index (χ0) is 18.0. The van der Waals surface area contributed by atoms with E-state index < -0.39 is 29.9 Å². The van der Waals surface area contributed by atoms with Gasteiger partial charge in [-0.15, -0.1) is 0 Å². The predicted octanol–water partition coefficient (Wildman–Crippen LogP) is 0.205. The highest BCUT2D eigenvalue weighted by Crippen LogP contribution is 2.39. The van der Waals surface area contributed by atoms with Gasteiger partial charge in [-0.1, -0.05) is 19.3 Å².